The number of ketones is 1. The summed E-state index contributed by atoms with van der Waals surface area (Å²) in [5.74, 6) is 0.383. The van der Waals surface area contributed by atoms with Crippen molar-refractivity contribution in [3.05, 3.63) is 47.0 Å². The van der Waals surface area contributed by atoms with Crippen LogP contribution in [0.5, 0.6) is 0 Å². The third kappa shape index (κ3) is 2.42. The van der Waals surface area contributed by atoms with Gasteiger partial charge in [-0.15, -0.1) is 0 Å². The van der Waals surface area contributed by atoms with E-state index in [-0.39, 0.29) is 0 Å². The zero-order valence-corrected chi connectivity index (χ0v) is 11.5. The van der Waals surface area contributed by atoms with Crippen molar-refractivity contribution < 1.29 is 4.79 Å². The van der Waals surface area contributed by atoms with Gasteiger partial charge < -0.3 is 0 Å². The molecule has 0 aliphatic heterocycles. The Balaban J connectivity index is 2.09. The van der Waals surface area contributed by atoms with Crippen molar-refractivity contribution in [2.45, 2.75) is 45.4 Å². The quantitative estimate of drug-likeness (QED) is 0.798. The monoisotopic (exact) mass is 252 g/mol. The minimum absolute atomic E-state index is 0.383. The van der Waals surface area contributed by atoms with Gasteiger partial charge in [0.1, 0.15) is 5.78 Å². The first-order valence-electron chi connectivity index (χ1n) is 7.33. The lowest BCUT2D eigenvalue weighted by Crippen LogP contribution is -2.13. The highest BCUT2D eigenvalue weighted by molar-refractivity contribution is 5.90. The smallest absolute Gasteiger partial charge is 0.137 e. The fraction of sp³-hybridized carbons (Fsp3) is 0.389. The summed E-state index contributed by atoms with van der Waals surface area (Å²) in [6.07, 6.45) is 5.91. The molecule has 2 aromatic carbocycles. The van der Waals surface area contributed by atoms with E-state index in [1.54, 1.807) is 0 Å². The van der Waals surface area contributed by atoms with Gasteiger partial charge >= 0.3 is 0 Å². The maximum Gasteiger partial charge on any atom is 0.137 e. The van der Waals surface area contributed by atoms with Gasteiger partial charge in [0.05, 0.1) is 0 Å². The van der Waals surface area contributed by atoms with Crippen molar-refractivity contribution in [3.63, 3.8) is 0 Å². The molecule has 0 bridgehead atoms. The minimum atomic E-state index is 0.383. The van der Waals surface area contributed by atoms with E-state index >= 15 is 0 Å². The predicted octanol–water partition coefficient (Wildman–Crippen LogP) is 4.24. The first-order chi connectivity index (χ1) is 9.28. The Morgan fingerprint density at radius 1 is 1.11 bits per heavy atom. The van der Waals surface area contributed by atoms with E-state index in [2.05, 4.69) is 37.3 Å². The van der Waals surface area contributed by atoms with Gasteiger partial charge in [0, 0.05) is 12.8 Å². The van der Waals surface area contributed by atoms with E-state index in [9.17, 15) is 4.79 Å². The molecule has 1 aliphatic carbocycles. The molecule has 0 amide bonds. The standard InChI is InChI=1S/C18H20O/c1-2-3-5-13-6-4-7-15-10-16-11-17(19)9-8-14(16)12-18(13)15/h4,6-7,10,12H,2-3,5,8-9,11H2,1H3. The number of carbonyl (C=O) groups is 1. The third-order valence-corrected chi connectivity index (χ3v) is 4.15. The second-order valence-electron chi connectivity index (χ2n) is 5.58. The third-order valence-electron chi connectivity index (χ3n) is 4.15. The summed E-state index contributed by atoms with van der Waals surface area (Å²) in [4.78, 5) is 11.6. The van der Waals surface area contributed by atoms with Crippen LogP contribution in [0.4, 0.5) is 0 Å². The highest BCUT2D eigenvalue weighted by Crippen LogP contribution is 2.28. The van der Waals surface area contributed by atoms with Crippen molar-refractivity contribution in [2.24, 2.45) is 0 Å². The van der Waals surface area contributed by atoms with Crippen LogP contribution in [0.1, 0.15) is 42.9 Å². The Morgan fingerprint density at radius 3 is 2.84 bits per heavy atom. The number of aryl methyl sites for hydroxylation is 2. The predicted molar refractivity (Wildman–Crippen MR) is 79.6 cm³/mol. The van der Waals surface area contributed by atoms with Gasteiger partial charge in [-0.1, -0.05) is 43.7 Å². The van der Waals surface area contributed by atoms with Crippen molar-refractivity contribution >= 4 is 16.6 Å². The van der Waals surface area contributed by atoms with Crippen molar-refractivity contribution in [1.82, 2.24) is 0 Å². The molecule has 0 fully saturated rings. The van der Waals surface area contributed by atoms with Gasteiger partial charge in [-0.25, -0.2) is 0 Å². The van der Waals surface area contributed by atoms with E-state index in [1.807, 2.05) is 0 Å². The first-order valence-corrected chi connectivity index (χ1v) is 7.33. The van der Waals surface area contributed by atoms with Gasteiger partial charge in [0.2, 0.25) is 0 Å². The average Bonchev–Trinajstić information content (AvgIpc) is 2.42. The molecule has 1 nitrogen and oxygen atoms in total. The maximum absolute atomic E-state index is 11.6. The molecule has 0 N–H and O–H groups in total. The Hall–Kier alpha value is -1.63. The van der Waals surface area contributed by atoms with Crippen LogP contribution in [0.3, 0.4) is 0 Å². The van der Waals surface area contributed by atoms with Crippen LogP contribution in [-0.2, 0) is 24.1 Å². The Labute approximate surface area is 114 Å². The van der Waals surface area contributed by atoms with E-state index in [0.717, 1.165) is 19.3 Å². The van der Waals surface area contributed by atoms with Gasteiger partial charge in [-0.3, -0.25) is 4.79 Å². The molecule has 0 atom stereocenters. The highest BCUT2D eigenvalue weighted by Gasteiger charge is 2.16. The average molecular weight is 252 g/mol. The van der Waals surface area contributed by atoms with E-state index < -0.39 is 0 Å². The van der Waals surface area contributed by atoms with Gasteiger partial charge in [-0.2, -0.15) is 0 Å². The molecule has 1 heteroatoms. The topological polar surface area (TPSA) is 17.1 Å². The molecular formula is C18H20O. The molecule has 19 heavy (non-hydrogen) atoms. The number of hydrogen-bond acceptors (Lipinski definition) is 1. The minimum Gasteiger partial charge on any atom is -0.299 e. The lowest BCUT2D eigenvalue weighted by atomic mass is 9.87. The molecule has 0 saturated heterocycles. The van der Waals surface area contributed by atoms with Gasteiger partial charge in [-0.05, 0) is 46.7 Å². The summed E-state index contributed by atoms with van der Waals surface area (Å²) in [6, 6.07) is 11.1. The fourth-order valence-electron chi connectivity index (χ4n) is 3.04. The number of unbranched alkanes of at least 4 members (excludes halogenated alkanes) is 1. The molecule has 0 spiro atoms. The molecule has 0 heterocycles. The first kappa shape index (κ1) is 12.4. The molecule has 3 rings (SSSR count). The summed E-state index contributed by atoms with van der Waals surface area (Å²) >= 11 is 0. The van der Waals surface area contributed by atoms with Crippen LogP contribution in [0.2, 0.25) is 0 Å². The number of Topliss-reactive ketones (excluding diaryl/α,β-unsaturated/α-hetero) is 1. The number of fused-ring (bicyclic) bond motifs is 2. The van der Waals surface area contributed by atoms with Gasteiger partial charge in [0.15, 0.2) is 0 Å². The molecular weight excluding hydrogens is 232 g/mol. The van der Waals surface area contributed by atoms with Crippen LogP contribution < -0.4 is 0 Å². The zero-order valence-electron chi connectivity index (χ0n) is 11.5. The number of carbonyl (C=O) groups excluding carboxylic acids is 1. The number of rotatable bonds is 3. The second-order valence-corrected chi connectivity index (χ2v) is 5.58. The molecule has 1 aliphatic rings. The maximum atomic E-state index is 11.6. The van der Waals surface area contributed by atoms with Crippen LogP contribution >= 0.6 is 0 Å². The molecule has 0 aromatic heterocycles. The molecule has 98 valence electrons. The van der Waals surface area contributed by atoms with Crippen LogP contribution in [0, 0.1) is 0 Å². The zero-order chi connectivity index (χ0) is 13.2. The SMILES string of the molecule is CCCCc1cccc2cc3c(cc12)CCC(=O)C3. The van der Waals surface area contributed by atoms with E-state index in [0.29, 0.717) is 12.2 Å². The number of hydrogen-bond donors (Lipinski definition) is 0. The van der Waals surface area contributed by atoms with Crippen molar-refractivity contribution in [2.75, 3.05) is 0 Å². The van der Waals surface area contributed by atoms with Crippen molar-refractivity contribution in [3.8, 4) is 0 Å². The molecule has 0 saturated carbocycles. The molecule has 2 aromatic rings. The summed E-state index contributed by atoms with van der Waals surface area (Å²) in [6.45, 7) is 2.23. The Kier molecular flexibility index (Phi) is 3.37. The van der Waals surface area contributed by atoms with Crippen LogP contribution in [0.15, 0.2) is 30.3 Å². The summed E-state index contributed by atoms with van der Waals surface area (Å²) in [5, 5.41) is 2.69. The van der Waals surface area contributed by atoms with Crippen molar-refractivity contribution in [1.29, 1.82) is 0 Å². The highest BCUT2D eigenvalue weighted by atomic mass is 16.1. The van der Waals surface area contributed by atoms with Gasteiger partial charge in [0.25, 0.3) is 0 Å². The lowest BCUT2D eigenvalue weighted by molar-refractivity contribution is -0.118. The van der Waals surface area contributed by atoms with Crippen LogP contribution in [0.25, 0.3) is 10.8 Å². The Bertz CT molecular complexity index is 625. The lowest BCUT2D eigenvalue weighted by Gasteiger charge is -2.17. The van der Waals surface area contributed by atoms with Crippen LogP contribution in [-0.4, -0.2) is 5.78 Å². The molecule has 0 unspecified atom stereocenters. The fourth-order valence-corrected chi connectivity index (χ4v) is 3.04. The normalized spacial score (nSPS) is 14.7. The second kappa shape index (κ2) is 5.16. The summed E-state index contributed by atoms with van der Waals surface area (Å²) in [7, 11) is 0. The van der Waals surface area contributed by atoms with E-state index in [4.69, 9.17) is 0 Å². The summed E-state index contributed by atoms with van der Waals surface area (Å²) < 4.78 is 0. The Morgan fingerprint density at radius 2 is 2.00 bits per heavy atom. The largest absolute Gasteiger partial charge is 0.299 e. The number of benzene rings is 2. The summed E-state index contributed by atoms with van der Waals surface area (Å²) in [5.41, 5.74) is 4.09. The molecule has 0 radical (unpaired) electrons. The van der Waals surface area contributed by atoms with E-state index in [1.165, 1.54) is 40.3 Å².